The molecule has 1 atom stereocenters. The van der Waals surface area contributed by atoms with Gasteiger partial charge in [0, 0.05) is 20.1 Å². The molecule has 0 bridgehead atoms. The fourth-order valence-electron chi connectivity index (χ4n) is 1.60. The number of carbonyl (C=O) groups excluding carboxylic acids is 1. The lowest BCUT2D eigenvalue weighted by atomic mass is 10.1. The van der Waals surface area contributed by atoms with Crippen molar-refractivity contribution in [3.8, 4) is 6.07 Å². The van der Waals surface area contributed by atoms with Gasteiger partial charge in [-0.1, -0.05) is 12.1 Å². The lowest BCUT2D eigenvalue weighted by Crippen LogP contribution is -2.42. The molecule has 0 aromatic heterocycles. The number of nitriles is 1. The van der Waals surface area contributed by atoms with Crippen molar-refractivity contribution < 1.29 is 4.79 Å². The smallest absolute Gasteiger partial charge is 0.239 e. The maximum Gasteiger partial charge on any atom is 0.239 e. The highest BCUT2D eigenvalue weighted by atomic mass is 16.2. The predicted molar refractivity (Wildman–Crippen MR) is 70.8 cm³/mol. The van der Waals surface area contributed by atoms with Gasteiger partial charge in [-0.05, 0) is 31.5 Å². The molecule has 1 amide bonds. The van der Waals surface area contributed by atoms with Crippen molar-refractivity contribution in [2.45, 2.75) is 26.4 Å². The van der Waals surface area contributed by atoms with Crippen molar-refractivity contribution in [3.05, 3.63) is 35.4 Å². The largest absolute Gasteiger partial charge is 0.345 e. The molecule has 1 aromatic carbocycles. The third-order valence-corrected chi connectivity index (χ3v) is 2.89. The third-order valence-electron chi connectivity index (χ3n) is 2.89. The molecule has 1 rings (SSSR count). The van der Waals surface area contributed by atoms with Crippen LogP contribution in [0.4, 0.5) is 0 Å². The fraction of sp³-hybridized carbons (Fsp3) is 0.429. The maximum atomic E-state index is 11.8. The molecular weight excluding hydrogens is 226 g/mol. The first-order valence-electron chi connectivity index (χ1n) is 6.06. The average molecular weight is 245 g/mol. The van der Waals surface area contributed by atoms with E-state index in [0.717, 1.165) is 5.56 Å². The van der Waals surface area contributed by atoms with Crippen LogP contribution in [0.2, 0.25) is 0 Å². The van der Waals surface area contributed by atoms with Gasteiger partial charge in [0.05, 0.1) is 17.7 Å². The lowest BCUT2D eigenvalue weighted by molar-refractivity contribution is -0.131. The maximum absolute atomic E-state index is 11.8. The van der Waals surface area contributed by atoms with Crippen molar-refractivity contribution in [1.82, 2.24) is 10.2 Å². The number of nitrogens with zero attached hydrogens (tertiary/aromatic N) is 2. The average Bonchev–Trinajstić information content (AvgIpc) is 2.43. The van der Waals surface area contributed by atoms with Gasteiger partial charge in [0.25, 0.3) is 0 Å². The minimum atomic E-state index is -0.222. The van der Waals surface area contributed by atoms with Crippen LogP contribution in [-0.2, 0) is 11.3 Å². The quantitative estimate of drug-likeness (QED) is 0.855. The van der Waals surface area contributed by atoms with Crippen LogP contribution < -0.4 is 5.32 Å². The molecule has 0 aliphatic carbocycles. The Labute approximate surface area is 108 Å². The van der Waals surface area contributed by atoms with Gasteiger partial charge >= 0.3 is 0 Å². The molecule has 0 radical (unpaired) electrons. The molecule has 1 unspecified atom stereocenters. The second kappa shape index (κ2) is 6.77. The normalized spacial score (nSPS) is 11.7. The molecule has 0 aliphatic heterocycles. The Morgan fingerprint density at radius 3 is 2.89 bits per heavy atom. The van der Waals surface area contributed by atoms with Crippen molar-refractivity contribution in [1.29, 1.82) is 5.26 Å². The molecule has 0 saturated carbocycles. The first-order valence-corrected chi connectivity index (χ1v) is 6.06. The van der Waals surface area contributed by atoms with E-state index in [1.807, 2.05) is 32.0 Å². The number of hydrogen-bond acceptors (Lipinski definition) is 3. The van der Waals surface area contributed by atoms with E-state index >= 15 is 0 Å². The molecule has 0 aliphatic rings. The standard InChI is InChI=1S/C14H19N3O/c1-4-17(3)14(18)11(2)16-10-13-7-5-6-12(8-13)9-15/h5-8,11,16H,4,10H2,1-3H3. The van der Waals surface area contributed by atoms with Crippen LogP contribution in [0.1, 0.15) is 25.0 Å². The summed E-state index contributed by atoms with van der Waals surface area (Å²) in [7, 11) is 1.79. The Balaban J connectivity index is 2.54. The summed E-state index contributed by atoms with van der Waals surface area (Å²) < 4.78 is 0. The molecule has 18 heavy (non-hydrogen) atoms. The molecular formula is C14H19N3O. The molecule has 4 nitrogen and oxygen atoms in total. The fourth-order valence-corrected chi connectivity index (χ4v) is 1.60. The van der Waals surface area contributed by atoms with Crippen LogP contribution in [0.5, 0.6) is 0 Å². The van der Waals surface area contributed by atoms with Crippen LogP contribution in [0.25, 0.3) is 0 Å². The summed E-state index contributed by atoms with van der Waals surface area (Å²) in [6, 6.07) is 9.26. The molecule has 0 spiro atoms. The van der Waals surface area contributed by atoms with E-state index in [1.54, 1.807) is 18.0 Å². The summed E-state index contributed by atoms with van der Waals surface area (Å²) in [5, 5.41) is 12.0. The molecule has 4 heteroatoms. The predicted octanol–water partition coefficient (Wildman–Crippen LogP) is 1.51. The van der Waals surface area contributed by atoms with Gasteiger partial charge in [0.15, 0.2) is 0 Å². The number of likely N-dealkylation sites (N-methyl/N-ethyl adjacent to an activating group) is 1. The van der Waals surface area contributed by atoms with Gasteiger partial charge < -0.3 is 10.2 Å². The highest BCUT2D eigenvalue weighted by Gasteiger charge is 2.15. The van der Waals surface area contributed by atoms with E-state index in [0.29, 0.717) is 18.7 Å². The minimum absolute atomic E-state index is 0.0777. The monoisotopic (exact) mass is 245 g/mol. The summed E-state index contributed by atoms with van der Waals surface area (Å²) in [5.41, 5.74) is 1.65. The Morgan fingerprint density at radius 2 is 2.28 bits per heavy atom. The zero-order valence-corrected chi connectivity index (χ0v) is 11.1. The van der Waals surface area contributed by atoms with Gasteiger partial charge in [-0.25, -0.2) is 0 Å². The van der Waals surface area contributed by atoms with Crippen LogP contribution >= 0.6 is 0 Å². The zero-order valence-electron chi connectivity index (χ0n) is 11.1. The summed E-state index contributed by atoms with van der Waals surface area (Å²) in [5.74, 6) is 0.0777. The van der Waals surface area contributed by atoms with Crippen molar-refractivity contribution in [2.24, 2.45) is 0 Å². The zero-order chi connectivity index (χ0) is 13.5. The van der Waals surface area contributed by atoms with Crippen LogP contribution in [0, 0.1) is 11.3 Å². The summed E-state index contributed by atoms with van der Waals surface area (Å²) >= 11 is 0. The second-order valence-electron chi connectivity index (χ2n) is 4.27. The highest BCUT2D eigenvalue weighted by molar-refractivity contribution is 5.81. The number of nitrogens with one attached hydrogen (secondary N) is 1. The molecule has 0 heterocycles. The Hall–Kier alpha value is -1.86. The second-order valence-corrected chi connectivity index (χ2v) is 4.27. The molecule has 1 N–H and O–H groups in total. The number of hydrogen-bond donors (Lipinski definition) is 1. The number of benzene rings is 1. The van der Waals surface area contributed by atoms with E-state index in [1.165, 1.54) is 0 Å². The molecule has 96 valence electrons. The van der Waals surface area contributed by atoms with Gasteiger partial charge in [-0.2, -0.15) is 5.26 Å². The van der Waals surface area contributed by atoms with Crippen LogP contribution in [-0.4, -0.2) is 30.4 Å². The number of carbonyl (C=O) groups is 1. The van der Waals surface area contributed by atoms with Crippen molar-refractivity contribution in [2.75, 3.05) is 13.6 Å². The summed E-state index contributed by atoms with van der Waals surface area (Å²) in [6.45, 7) is 5.08. The van der Waals surface area contributed by atoms with E-state index in [-0.39, 0.29) is 11.9 Å². The molecule has 1 aromatic rings. The Morgan fingerprint density at radius 1 is 1.56 bits per heavy atom. The van der Waals surface area contributed by atoms with Crippen LogP contribution in [0.15, 0.2) is 24.3 Å². The van der Waals surface area contributed by atoms with Crippen molar-refractivity contribution in [3.63, 3.8) is 0 Å². The number of amides is 1. The summed E-state index contributed by atoms with van der Waals surface area (Å²) in [6.07, 6.45) is 0. The highest BCUT2D eigenvalue weighted by Crippen LogP contribution is 2.04. The summed E-state index contributed by atoms with van der Waals surface area (Å²) in [4.78, 5) is 13.5. The Kier molecular flexibility index (Phi) is 5.34. The van der Waals surface area contributed by atoms with Gasteiger partial charge in [-0.15, -0.1) is 0 Å². The SMILES string of the molecule is CCN(C)C(=O)C(C)NCc1cccc(C#N)c1. The van der Waals surface area contributed by atoms with Crippen molar-refractivity contribution >= 4 is 5.91 Å². The van der Waals surface area contributed by atoms with E-state index in [4.69, 9.17) is 5.26 Å². The third kappa shape index (κ3) is 3.86. The van der Waals surface area contributed by atoms with Gasteiger partial charge in [0.2, 0.25) is 5.91 Å². The molecule has 0 saturated heterocycles. The minimum Gasteiger partial charge on any atom is -0.345 e. The van der Waals surface area contributed by atoms with E-state index in [9.17, 15) is 4.79 Å². The molecule has 0 fully saturated rings. The first kappa shape index (κ1) is 14.2. The van der Waals surface area contributed by atoms with E-state index < -0.39 is 0 Å². The van der Waals surface area contributed by atoms with Crippen LogP contribution in [0.3, 0.4) is 0 Å². The first-order chi connectivity index (χ1) is 8.58. The Bertz CT molecular complexity index is 451. The van der Waals surface area contributed by atoms with Gasteiger partial charge in [-0.3, -0.25) is 4.79 Å². The van der Waals surface area contributed by atoms with Gasteiger partial charge in [0.1, 0.15) is 0 Å². The lowest BCUT2D eigenvalue weighted by Gasteiger charge is -2.20. The number of rotatable bonds is 5. The topological polar surface area (TPSA) is 56.1 Å². The van der Waals surface area contributed by atoms with E-state index in [2.05, 4.69) is 11.4 Å².